The number of rotatable bonds is 7. The molecule has 0 radical (unpaired) electrons. The van der Waals surface area contributed by atoms with Crippen LogP contribution in [0.3, 0.4) is 0 Å². The number of non-ortho nitro benzene ring substituents is 1. The fraction of sp³-hybridized carbons (Fsp3) is 0.391. The first kappa shape index (κ1) is 22.3. The van der Waals surface area contributed by atoms with Crippen molar-refractivity contribution >= 4 is 23.2 Å². The predicted molar refractivity (Wildman–Crippen MR) is 119 cm³/mol. The molecule has 2 aromatic carbocycles. The lowest BCUT2D eigenvalue weighted by molar-refractivity contribution is -0.384. The molecule has 1 heterocycles. The van der Waals surface area contributed by atoms with Gasteiger partial charge in [-0.2, -0.15) is 0 Å². The van der Waals surface area contributed by atoms with Crippen molar-refractivity contribution in [1.29, 1.82) is 0 Å². The summed E-state index contributed by atoms with van der Waals surface area (Å²) in [6, 6.07) is 11.5. The Hall–Kier alpha value is -3.42. The second-order valence-corrected chi connectivity index (χ2v) is 7.87. The van der Waals surface area contributed by atoms with Crippen molar-refractivity contribution in [3.05, 3.63) is 69.3 Å². The van der Waals surface area contributed by atoms with E-state index in [1.807, 2.05) is 13.0 Å². The van der Waals surface area contributed by atoms with E-state index in [1.165, 1.54) is 12.1 Å². The first-order valence-corrected chi connectivity index (χ1v) is 10.6. The predicted octanol–water partition coefficient (Wildman–Crippen LogP) is 3.51. The molecule has 164 valence electrons. The van der Waals surface area contributed by atoms with E-state index < -0.39 is 4.92 Å². The number of nitro benzene ring substituents is 1. The Morgan fingerprint density at radius 2 is 1.84 bits per heavy atom. The van der Waals surface area contributed by atoms with E-state index in [1.54, 1.807) is 24.3 Å². The van der Waals surface area contributed by atoms with Gasteiger partial charge >= 0.3 is 0 Å². The lowest BCUT2D eigenvalue weighted by atomic mass is 9.98. The van der Waals surface area contributed by atoms with Gasteiger partial charge in [0.05, 0.1) is 16.2 Å². The molecule has 3 rings (SSSR count). The molecule has 2 aromatic rings. The largest absolute Gasteiger partial charge is 0.371 e. The molecular formula is C23H28N4O4. The Morgan fingerprint density at radius 3 is 2.52 bits per heavy atom. The van der Waals surface area contributed by atoms with E-state index in [0.29, 0.717) is 29.3 Å². The highest BCUT2D eigenvalue weighted by Gasteiger charge is 2.23. The number of hydrogen-bond donors (Lipinski definition) is 2. The maximum atomic E-state index is 13.0. The van der Waals surface area contributed by atoms with Crippen molar-refractivity contribution in [1.82, 2.24) is 10.6 Å². The highest BCUT2D eigenvalue weighted by molar-refractivity contribution is 6.00. The van der Waals surface area contributed by atoms with Gasteiger partial charge in [-0.25, -0.2) is 0 Å². The summed E-state index contributed by atoms with van der Waals surface area (Å²) in [5.74, 6) is 0.0838. The summed E-state index contributed by atoms with van der Waals surface area (Å²) >= 11 is 0. The van der Waals surface area contributed by atoms with Crippen LogP contribution in [-0.2, 0) is 6.54 Å². The van der Waals surface area contributed by atoms with Crippen LogP contribution in [0.15, 0.2) is 42.5 Å². The molecule has 0 saturated carbocycles. The summed E-state index contributed by atoms with van der Waals surface area (Å²) in [4.78, 5) is 37.9. The van der Waals surface area contributed by atoms with Gasteiger partial charge in [0, 0.05) is 43.9 Å². The number of benzene rings is 2. The Bertz CT molecular complexity index is 968. The van der Waals surface area contributed by atoms with E-state index in [2.05, 4.69) is 22.5 Å². The summed E-state index contributed by atoms with van der Waals surface area (Å²) < 4.78 is 0. The number of carbonyl (C=O) groups is 2. The van der Waals surface area contributed by atoms with Gasteiger partial charge in [-0.15, -0.1) is 0 Å². The minimum absolute atomic E-state index is 0.113. The summed E-state index contributed by atoms with van der Waals surface area (Å²) in [5.41, 5.74) is 2.19. The smallest absolute Gasteiger partial charge is 0.270 e. The van der Waals surface area contributed by atoms with E-state index in [0.717, 1.165) is 31.5 Å². The number of amides is 2. The van der Waals surface area contributed by atoms with Gasteiger partial charge in [-0.1, -0.05) is 19.1 Å². The van der Waals surface area contributed by atoms with E-state index >= 15 is 0 Å². The van der Waals surface area contributed by atoms with E-state index in [-0.39, 0.29) is 24.0 Å². The zero-order valence-electron chi connectivity index (χ0n) is 17.9. The fourth-order valence-corrected chi connectivity index (χ4v) is 3.71. The SMILES string of the molecule is CCNC(=O)c1cccc(CNC(=O)c2cc([N+](=O)[O-])ccc2N2CCC(C)CC2)c1. The number of carbonyl (C=O) groups excluding carboxylic acids is 2. The monoisotopic (exact) mass is 424 g/mol. The molecule has 1 aliphatic heterocycles. The van der Waals surface area contributed by atoms with Crippen LogP contribution in [0.1, 0.15) is 53.0 Å². The van der Waals surface area contributed by atoms with Crippen LogP contribution in [0.4, 0.5) is 11.4 Å². The minimum Gasteiger partial charge on any atom is -0.371 e. The first-order valence-electron chi connectivity index (χ1n) is 10.6. The third kappa shape index (κ3) is 5.59. The van der Waals surface area contributed by atoms with Crippen molar-refractivity contribution in [3.63, 3.8) is 0 Å². The van der Waals surface area contributed by atoms with Crippen LogP contribution < -0.4 is 15.5 Å². The average molecular weight is 425 g/mol. The normalized spacial score (nSPS) is 14.2. The molecule has 8 heteroatoms. The Balaban J connectivity index is 1.78. The van der Waals surface area contributed by atoms with Gasteiger partial charge in [-0.05, 0) is 49.4 Å². The molecule has 8 nitrogen and oxygen atoms in total. The Morgan fingerprint density at radius 1 is 1.10 bits per heavy atom. The maximum absolute atomic E-state index is 13.0. The molecule has 2 amide bonds. The van der Waals surface area contributed by atoms with Gasteiger partial charge in [-0.3, -0.25) is 19.7 Å². The molecule has 0 spiro atoms. The number of nitrogens with zero attached hydrogens (tertiary/aromatic N) is 2. The van der Waals surface area contributed by atoms with Crippen LogP contribution in [0.5, 0.6) is 0 Å². The van der Waals surface area contributed by atoms with Crippen LogP contribution >= 0.6 is 0 Å². The molecule has 0 unspecified atom stereocenters. The molecule has 1 aliphatic rings. The summed E-state index contributed by atoms with van der Waals surface area (Å²) in [5, 5.41) is 16.9. The molecule has 0 aromatic heterocycles. The Kier molecular flexibility index (Phi) is 7.23. The van der Waals surface area contributed by atoms with Crippen molar-refractivity contribution in [3.8, 4) is 0 Å². The van der Waals surface area contributed by atoms with E-state index in [4.69, 9.17) is 0 Å². The first-order chi connectivity index (χ1) is 14.9. The Labute approximate surface area is 181 Å². The molecule has 2 N–H and O–H groups in total. The number of piperidine rings is 1. The summed E-state index contributed by atoms with van der Waals surface area (Å²) in [7, 11) is 0. The molecule has 1 saturated heterocycles. The molecule has 31 heavy (non-hydrogen) atoms. The topological polar surface area (TPSA) is 105 Å². The molecule has 1 fully saturated rings. The quantitative estimate of drug-likeness (QED) is 0.523. The summed E-state index contributed by atoms with van der Waals surface area (Å²) in [6.07, 6.45) is 2.04. The van der Waals surface area contributed by atoms with Gasteiger partial charge in [0.2, 0.25) is 0 Å². The van der Waals surface area contributed by atoms with Crippen molar-refractivity contribution in [2.24, 2.45) is 5.92 Å². The molecular weight excluding hydrogens is 396 g/mol. The number of anilines is 1. The van der Waals surface area contributed by atoms with Gasteiger partial charge in [0.15, 0.2) is 0 Å². The maximum Gasteiger partial charge on any atom is 0.270 e. The van der Waals surface area contributed by atoms with Crippen molar-refractivity contribution in [2.75, 3.05) is 24.5 Å². The zero-order valence-corrected chi connectivity index (χ0v) is 17.9. The standard InChI is InChI=1S/C23H28N4O4/c1-3-24-22(28)18-6-4-5-17(13-18)15-25-23(29)20-14-19(27(30)31)7-8-21(20)26-11-9-16(2)10-12-26/h4-8,13-14,16H,3,9-12,15H2,1-2H3,(H,24,28)(H,25,29). The van der Waals surface area contributed by atoms with Crippen LogP contribution in [0.2, 0.25) is 0 Å². The zero-order chi connectivity index (χ0) is 22.4. The second kappa shape index (κ2) is 10.1. The fourth-order valence-electron chi connectivity index (χ4n) is 3.71. The number of nitro groups is 1. The highest BCUT2D eigenvalue weighted by Crippen LogP contribution is 2.29. The van der Waals surface area contributed by atoms with Gasteiger partial charge in [0.25, 0.3) is 17.5 Å². The molecule has 0 aliphatic carbocycles. The molecule has 0 atom stereocenters. The lowest BCUT2D eigenvalue weighted by Gasteiger charge is -2.33. The lowest BCUT2D eigenvalue weighted by Crippen LogP contribution is -2.35. The van der Waals surface area contributed by atoms with Gasteiger partial charge < -0.3 is 15.5 Å². The second-order valence-electron chi connectivity index (χ2n) is 7.87. The third-order valence-electron chi connectivity index (χ3n) is 5.54. The van der Waals surface area contributed by atoms with E-state index in [9.17, 15) is 19.7 Å². The van der Waals surface area contributed by atoms with Gasteiger partial charge in [0.1, 0.15) is 0 Å². The van der Waals surface area contributed by atoms with Crippen LogP contribution in [-0.4, -0.2) is 36.4 Å². The molecule has 0 bridgehead atoms. The highest BCUT2D eigenvalue weighted by atomic mass is 16.6. The number of nitrogens with one attached hydrogen (secondary N) is 2. The average Bonchev–Trinajstić information content (AvgIpc) is 2.78. The third-order valence-corrected chi connectivity index (χ3v) is 5.54. The van der Waals surface area contributed by atoms with Crippen molar-refractivity contribution in [2.45, 2.75) is 33.2 Å². The van der Waals surface area contributed by atoms with Crippen LogP contribution in [0, 0.1) is 16.0 Å². The van der Waals surface area contributed by atoms with Crippen LogP contribution in [0.25, 0.3) is 0 Å². The number of hydrogen-bond acceptors (Lipinski definition) is 5. The summed E-state index contributed by atoms with van der Waals surface area (Å²) in [6.45, 7) is 6.43. The minimum atomic E-state index is -0.491. The van der Waals surface area contributed by atoms with Crippen molar-refractivity contribution < 1.29 is 14.5 Å².